The van der Waals surface area contributed by atoms with Gasteiger partial charge in [-0.3, -0.25) is 4.90 Å². The topological polar surface area (TPSA) is 15.3 Å². The standard InChI is InChI=1S/C13H28N2S/c1-6-12(9-14-11(2)3)15-7-8-16-13(4,5)10-15/h11-12,14H,6-10H2,1-5H3. The Balaban J connectivity index is 2.45. The average molecular weight is 244 g/mol. The van der Waals surface area contributed by atoms with Crippen molar-refractivity contribution in [3.05, 3.63) is 0 Å². The Morgan fingerprint density at radius 1 is 1.38 bits per heavy atom. The Hall–Kier alpha value is 0.270. The minimum Gasteiger partial charge on any atom is -0.313 e. The molecule has 0 bridgehead atoms. The predicted octanol–water partition coefficient (Wildman–Crippen LogP) is 2.59. The fourth-order valence-corrected chi connectivity index (χ4v) is 3.40. The fraction of sp³-hybridized carbons (Fsp3) is 1.00. The first-order valence-corrected chi connectivity index (χ1v) is 7.54. The molecule has 1 heterocycles. The molecule has 96 valence electrons. The Labute approximate surface area is 106 Å². The van der Waals surface area contributed by atoms with Crippen molar-refractivity contribution in [1.82, 2.24) is 10.2 Å². The molecule has 1 N–H and O–H groups in total. The third-order valence-electron chi connectivity index (χ3n) is 3.20. The van der Waals surface area contributed by atoms with Crippen LogP contribution in [0.4, 0.5) is 0 Å². The van der Waals surface area contributed by atoms with Gasteiger partial charge in [0.2, 0.25) is 0 Å². The number of thioether (sulfide) groups is 1. The Morgan fingerprint density at radius 2 is 2.06 bits per heavy atom. The zero-order valence-corrected chi connectivity index (χ0v) is 12.4. The van der Waals surface area contributed by atoms with E-state index in [0.717, 1.165) is 6.54 Å². The smallest absolute Gasteiger partial charge is 0.0231 e. The molecule has 0 spiro atoms. The highest BCUT2D eigenvalue weighted by Gasteiger charge is 2.30. The van der Waals surface area contributed by atoms with Gasteiger partial charge in [-0.15, -0.1) is 0 Å². The van der Waals surface area contributed by atoms with E-state index in [4.69, 9.17) is 0 Å². The van der Waals surface area contributed by atoms with Gasteiger partial charge in [0.15, 0.2) is 0 Å². The maximum atomic E-state index is 3.57. The maximum Gasteiger partial charge on any atom is 0.0231 e. The molecule has 0 radical (unpaired) electrons. The van der Waals surface area contributed by atoms with E-state index in [0.29, 0.717) is 16.8 Å². The number of nitrogens with one attached hydrogen (secondary N) is 1. The zero-order chi connectivity index (χ0) is 12.2. The fourth-order valence-electron chi connectivity index (χ4n) is 2.27. The molecule has 0 amide bonds. The molecule has 1 atom stereocenters. The minimum absolute atomic E-state index is 0.434. The molecule has 1 aliphatic rings. The lowest BCUT2D eigenvalue weighted by atomic mass is 10.1. The van der Waals surface area contributed by atoms with Crippen molar-refractivity contribution < 1.29 is 0 Å². The highest BCUT2D eigenvalue weighted by Crippen LogP contribution is 2.30. The maximum absolute atomic E-state index is 3.57. The van der Waals surface area contributed by atoms with Crippen LogP contribution in [-0.4, -0.2) is 47.1 Å². The van der Waals surface area contributed by atoms with Gasteiger partial charge < -0.3 is 5.32 Å². The predicted molar refractivity (Wildman–Crippen MR) is 75.3 cm³/mol. The summed E-state index contributed by atoms with van der Waals surface area (Å²) in [6.07, 6.45) is 1.25. The van der Waals surface area contributed by atoms with Gasteiger partial charge in [-0.05, 0) is 20.3 Å². The van der Waals surface area contributed by atoms with Gasteiger partial charge in [-0.25, -0.2) is 0 Å². The second kappa shape index (κ2) is 6.27. The van der Waals surface area contributed by atoms with Gasteiger partial charge in [0.25, 0.3) is 0 Å². The molecule has 16 heavy (non-hydrogen) atoms. The van der Waals surface area contributed by atoms with Gasteiger partial charge in [0.05, 0.1) is 0 Å². The quantitative estimate of drug-likeness (QED) is 0.800. The van der Waals surface area contributed by atoms with E-state index in [1.54, 1.807) is 0 Å². The minimum atomic E-state index is 0.434. The molecule has 0 aromatic heterocycles. The van der Waals surface area contributed by atoms with E-state index in [-0.39, 0.29) is 0 Å². The lowest BCUT2D eigenvalue weighted by Gasteiger charge is -2.42. The summed E-state index contributed by atoms with van der Waals surface area (Å²) in [6.45, 7) is 15.1. The first kappa shape index (κ1) is 14.3. The monoisotopic (exact) mass is 244 g/mol. The van der Waals surface area contributed by atoms with Crippen LogP contribution in [0.1, 0.15) is 41.0 Å². The summed E-state index contributed by atoms with van der Waals surface area (Å²) in [5.74, 6) is 1.28. The van der Waals surface area contributed by atoms with Crippen LogP contribution in [0.15, 0.2) is 0 Å². The molecular weight excluding hydrogens is 216 g/mol. The summed E-state index contributed by atoms with van der Waals surface area (Å²) in [7, 11) is 0. The summed E-state index contributed by atoms with van der Waals surface area (Å²) in [4.78, 5) is 2.67. The number of rotatable bonds is 5. The molecule has 1 rings (SSSR count). The van der Waals surface area contributed by atoms with E-state index in [1.165, 1.54) is 25.3 Å². The first-order valence-electron chi connectivity index (χ1n) is 6.56. The highest BCUT2D eigenvalue weighted by molar-refractivity contribution is 8.00. The van der Waals surface area contributed by atoms with Crippen LogP contribution in [0.25, 0.3) is 0 Å². The molecule has 3 heteroatoms. The van der Waals surface area contributed by atoms with Gasteiger partial charge >= 0.3 is 0 Å². The van der Waals surface area contributed by atoms with Crippen molar-refractivity contribution in [3.63, 3.8) is 0 Å². The Bertz CT molecular complexity index is 204. The summed E-state index contributed by atoms with van der Waals surface area (Å²) in [5, 5.41) is 3.57. The first-order chi connectivity index (χ1) is 7.44. The Morgan fingerprint density at radius 3 is 2.56 bits per heavy atom. The molecule has 0 aromatic rings. The Kier molecular flexibility index (Phi) is 5.62. The molecule has 0 saturated carbocycles. The lowest BCUT2D eigenvalue weighted by molar-refractivity contribution is 0.176. The van der Waals surface area contributed by atoms with Crippen molar-refractivity contribution in [2.75, 3.05) is 25.4 Å². The van der Waals surface area contributed by atoms with Crippen molar-refractivity contribution in [3.8, 4) is 0 Å². The van der Waals surface area contributed by atoms with E-state index >= 15 is 0 Å². The molecular formula is C13H28N2S. The second-order valence-corrected chi connectivity index (χ2v) is 7.51. The van der Waals surface area contributed by atoms with Crippen LogP contribution < -0.4 is 5.32 Å². The summed E-state index contributed by atoms with van der Waals surface area (Å²) in [5.41, 5.74) is 0. The summed E-state index contributed by atoms with van der Waals surface area (Å²) in [6, 6.07) is 1.31. The van der Waals surface area contributed by atoms with Crippen LogP contribution in [0.2, 0.25) is 0 Å². The molecule has 2 nitrogen and oxygen atoms in total. The summed E-state index contributed by atoms with van der Waals surface area (Å²) >= 11 is 2.11. The van der Waals surface area contributed by atoms with E-state index < -0.39 is 0 Å². The van der Waals surface area contributed by atoms with E-state index in [9.17, 15) is 0 Å². The third-order valence-corrected chi connectivity index (χ3v) is 4.50. The van der Waals surface area contributed by atoms with Crippen LogP contribution in [0.3, 0.4) is 0 Å². The van der Waals surface area contributed by atoms with Crippen molar-refractivity contribution in [2.24, 2.45) is 0 Å². The SMILES string of the molecule is CCC(CNC(C)C)N1CCSC(C)(C)C1. The van der Waals surface area contributed by atoms with Gasteiger partial charge in [-0.2, -0.15) is 11.8 Å². The lowest BCUT2D eigenvalue weighted by Crippen LogP contribution is -2.51. The van der Waals surface area contributed by atoms with E-state index in [1.807, 2.05) is 0 Å². The van der Waals surface area contributed by atoms with Gasteiger partial charge in [-0.1, -0.05) is 20.8 Å². The van der Waals surface area contributed by atoms with Gasteiger partial charge in [0, 0.05) is 42.2 Å². The highest BCUT2D eigenvalue weighted by atomic mass is 32.2. The van der Waals surface area contributed by atoms with Crippen LogP contribution in [0.5, 0.6) is 0 Å². The third kappa shape index (κ3) is 4.64. The van der Waals surface area contributed by atoms with Crippen LogP contribution >= 0.6 is 11.8 Å². The van der Waals surface area contributed by atoms with Crippen molar-refractivity contribution in [1.29, 1.82) is 0 Å². The van der Waals surface area contributed by atoms with E-state index in [2.05, 4.69) is 56.6 Å². The molecule has 1 fully saturated rings. The normalized spacial score (nSPS) is 23.6. The molecule has 1 saturated heterocycles. The molecule has 1 aliphatic heterocycles. The van der Waals surface area contributed by atoms with Gasteiger partial charge in [0.1, 0.15) is 0 Å². The number of nitrogens with zero attached hydrogens (tertiary/aromatic N) is 1. The van der Waals surface area contributed by atoms with Crippen LogP contribution in [-0.2, 0) is 0 Å². The molecule has 0 aliphatic carbocycles. The second-order valence-electron chi connectivity index (χ2n) is 5.70. The summed E-state index contributed by atoms with van der Waals surface area (Å²) < 4.78 is 0.434. The van der Waals surface area contributed by atoms with Crippen LogP contribution in [0, 0.1) is 0 Å². The zero-order valence-electron chi connectivity index (χ0n) is 11.5. The number of hydrogen-bond acceptors (Lipinski definition) is 3. The average Bonchev–Trinajstić information content (AvgIpc) is 2.16. The molecule has 0 aromatic carbocycles. The largest absolute Gasteiger partial charge is 0.313 e. The molecule has 1 unspecified atom stereocenters. The number of hydrogen-bond donors (Lipinski definition) is 1. The van der Waals surface area contributed by atoms with Crippen molar-refractivity contribution >= 4 is 11.8 Å². The van der Waals surface area contributed by atoms with Crippen molar-refractivity contribution in [2.45, 2.75) is 57.9 Å².